The normalized spacial score (nSPS) is 10.3. The van der Waals surface area contributed by atoms with E-state index < -0.39 is 0 Å². The summed E-state index contributed by atoms with van der Waals surface area (Å²) in [5.74, 6) is 0. The quantitative estimate of drug-likeness (QED) is 0.647. The first-order chi connectivity index (χ1) is 5.36. The summed E-state index contributed by atoms with van der Waals surface area (Å²) in [5, 5.41) is 1.15. The molecule has 0 fully saturated rings. The van der Waals surface area contributed by atoms with Crippen molar-refractivity contribution in [2.45, 2.75) is 0 Å². The smallest absolute Gasteiger partial charge is 0.0894 e. The van der Waals surface area contributed by atoms with Crippen molar-refractivity contribution in [2.24, 2.45) is 0 Å². The Kier molecular flexibility index (Phi) is 1.62. The predicted octanol–water partition coefficient (Wildman–Crippen LogP) is 2.80. The molecule has 2 heteroatoms. The Labute approximate surface area is 73.2 Å². The molecule has 0 aliphatic heterocycles. The highest BCUT2D eigenvalue weighted by molar-refractivity contribution is 9.10. The minimum absolute atomic E-state index is 0.974. The molecule has 0 bridgehead atoms. The summed E-state index contributed by atoms with van der Waals surface area (Å²) in [6, 6.07) is 9.82. The van der Waals surface area contributed by atoms with Crippen molar-refractivity contribution in [3.05, 3.63) is 41.0 Å². The molecule has 0 aliphatic carbocycles. The van der Waals surface area contributed by atoms with E-state index in [1.165, 1.54) is 0 Å². The van der Waals surface area contributed by atoms with Gasteiger partial charge in [-0.1, -0.05) is 28.1 Å². The average molecular weight is 207 g/mol. The maximum atomic E-state index is 4.09. The number of halogens is 1. The molecule has 0 saturated heterocycles. The van der Waals surface area contributed by atoms with Crippen LogP contribution in [0.1, 0.15) is 0 Å². The van der Waals surface area contributed by atoms with Gasteiger partial charge in [0.1, 0.15) is 0 Å². The summed E-state index contributed by atoms with van der Waals surface area (Å²) in [4.78, 5) is 4.09. The van der Waals surface area contributed by atoms with E-state index in [0.717, 1.165) is 15.4 Å². The molecule has 2 rings (SSSR count). The van der Waals surface area contributed by atoms with Crippen LogP contribution in [0.5, 0.6) is 0 Å². The van der Waals surface area contributed by atoms with Crippen LogP contribution in [0.15, 0.2) is 34.8 Å². The molecule has 0 saturated carbocycles. The Bertz CT molecular complexity index is 384. The molecule has 1 heterocycles. The van der Waals surface area contributed by atoms with Gasteiger partial charge in [0, 0.05) is 9.86 Å². The molecular formula is C9H5BrN. The Morgan fingerprint density at radius 2 is 2.18 bits per heavy atom. The highest BCUT2D eigenvalue weighted by Gasteiger charge is 1.92. The number of hydrogen-bond donors (Lipinski definition) is 0. The third-order valence-corrected chi connectivity index (χ3v) is 2.01. The highest BCUT2D eigenvalue weighted by atomic mass is 79.9. The van der Waals surface area contributed by atoms with E-state index in [9.17, 15) is 0 Å². The monoisotopic (exact) mass is 206 g/mol. The lowest BCUT2D eigenvalue weighted by Crippen LogP contribution is -1.76. The third-order valence-electron chi connectivity index (χ3n) is 1.51. The van der Waals surface area contributed by atoms with Crippen molar-refractivity contribution in [2.75, 3.05) is 0 Å². The fourth-order valence-electron chi connectivity index (χ4n) is 0.988. The van der Waals surface area contributed by atoms with E-state index in [0.29, 0.717) is 0 Å². The van der Waals surface area contributed by atoms with Crippen molar-refractivity contribution in [1.82, 2.24) is 4.98 Å². The molecule has 2 aromatic rings. The largest absolute Gasteiger partial charge is 0.246 e. The van der Waals surface area contributed by atoms with Gasteiger partial charge < -0.3 is 0 Å². The molecule has 0 unspecified atom stereocenters. The van der Waals surface area contributed by atoms with E-state index in [4.69, 9.17) is 0 Å². The first-order valence-electron chi connectivity index (χ1n) is 3.28. The molecule has 53 valence electrons. The van der Waals surface area contributed by atoms with E-state index in [2.05, 4.69) is 27.1 Å². The van der Waals surface area contributed by atoms with Crippen LogP contribution in [0.3, 0.4) is 0 Å². The third kappa shape index (κ3) is 1.26. The topological polar surface area (TPSA) is 12.9 Å². The van der Waals surface area contributed by atoms with Gasteiger partial charge in [-0.05, 0) is 18.2 Å². The molecule has 1 aromatic heterocycles. The molecule has 1 nitrogen and oxygen atoms in total. The van der Waals surface area contributed by atoms with Crippen molar-refractivity contribution >= 4 is 26.8 Å². The van der Waals surface area contributed by atoms with Crippen molar-refractivity contribution in [3.63, 3.8) is 0 Å². The lowest BCUT2D eigenvalue weighted by atomic mass is 10.2. The maximum absolute atomic E-state index is 4.09. The number of hydrogen-bond acceptors (Lipinski definition) is 1. The molecule has 1 aromatic carbocycles. The van der Waals surface area contributed by atoms with Crippen LogP contribution in [0, 0.1) is 6.20 Å². The number of nitrogens with zero attached hydrogens (tertiary/aromatic N) is 1. The minimum atomic E-state index is 0.974. The molecule has 11 heavy (non-hydrogen) atoms. The maximum Gasteiger partial charge on any atom is 0.0894 e. The number of fused-ring (bicyclic) bond motifs is 1. The summed E-state index contributed by atoms with van der Waals surface area (Å²) in [7, 11) is 0. The van der Waals surface area contributed by atoms with Gasteiger partial charge in [-0.3, -0.25) is 0 Å². The Hall–Kier alpha value is -0.890. The molecule has 1 radical (unpaired) electrons. The van der Waals surface area contributed by atoms with Gasteiger partial charge in [-0.25, -0.2) is 4.98 Å². The number of pyridine rings is 1. The van der Waals surface area contributed by atoms with E-state index >= 15 is 0 Å². The number of rotatable bonds is 0. The average Bonchev–Trinajstić information content (AvgIpc) is 2.04. The molecule has 0 N–H and O–H groups in total. The zero-order valence-electron chi connectivity index (χ0n) is 5.71. The highest BCUT2D eigenvalue weighted by Crippen LogP contribution is 2.16. The van der Waals surface area contributed by atoms with Crippen LogP contribution in [0.2, 0.25) is 0 Å². The van der Waals surface area contributed by atoms with Crippen LogP contribution in [-0.2, 0) is 0 Å². The van der Waals surface area contributed by atoms with E-state index in [1.54, 1.807) is 0 Å². The fourth-order valence-corrected chi connectivity index (χ4v) is 1.34. The predicted molar refractivity (Wildman–Crippen MR) is 48.3 cm³/mol. The summed E-state index contributed by atoms with van der Waals surface area (Å²) >= 11 is 3.38. The van der Waals surface area contributed by atoms with Crippen LogP contribution < -0.4 is 0 Å². The summed E-state index contributed by atoms with van der Waals surface area (Å²) in [6.07, 6.45) is 2.79. The summed E-state index contributed by atoms with van der Waals surface area (Å²) in [5.41, 5.74) is 0.974. The van der Waals surface area contributed by atoms with Crippen LogP contribution in [0.4, 0.5) is 0 Å². The molecule has 0 atom stereocenters. The number of aromatic nitrogens is 1. The molecule has 0 aliphatic rings. The SMILES string of the molecule is Brc1ccc2cc[c]nc2c1. The molecular weight excluding hydrogens is 202 g/mol. The van der Waals surface area contributed by atoms with Crippen LogP contribution in [0.25, 0.3) is 10.9 Å². The second-order valence-electron chi connectivity index (χ2n) is 2.28. The van der Waals surface area contributed by atoms with Gasteiger partial charge in [0.15, 0.2) is 0 Å². The van der Waals surface area contributed by atoms with Gasteiger partial charge in [-0.15, -0.1) is 0 Å². The van der Waals surface area contributed by atoms with Crippen molar-refractivity contribution in [1.29, 1.82) is 0 Å². The van der Waals surface area contributed by atoms with Crippen LogP contribution in [-0.4, -0.2) is 4.98 Å². The minimum Gasteiger partial charge on any atom is -0.246 e. The Morgan fingerprint density at radius 1 is 1.27 bits per heavy atom. The molecule has 0 spiro atoms. The second-order valence-corrected chi connectivity index (χ2v) is 3.19. The lowest BCUT2D eigenvalue weighted by Gasteiger charge is -1.94. The zero-order valence-corrected chi connectivity index (χ0v) is 7.30. The van der Waals surface area contributed by atoms with Gasteiger partial charge in [-0.2, -0.15) is 0 Å². The molecule has 0 amide bonds. The Morgan fingerprint density at radius 3 is 3.09 bits per heavy atom. The van der Waals surface area contributed by atoms with Crippen molar-refractivity contribution < 1.29 is 0 Å². The van der Waals surface area contributed by atoms with Gasteiger partial charge >= 0.3 is 0 Å². The fraction of sp³-hybridized carbons (Fsp3) is 0. The first kappa shape index (κ1) is 6.80. The van der Waals surface area contributed by atoms with Crippen LogP contribution >= 0.6 is 15.9 Å². The summed E-state index contributed by atoms with van der Waals surface area (Å²) in [6.45, 7) is 0. The number of benzene rings is 1. The van der Waals surface area contributed by atoms with Gasteiger partial charge in [0.2, 0.25) is 0 Å². The second kappa shape index (κ2) is 2.62. The van der Waals surface area contributed by atoms with Crippen molar-refractivity contribution in [3.8, 4) is 0 Å². The van der Waals surface area contributed by atoms with Gasteiger partial charge in [0.25, 0.3) is 0 Å². The van der Waals surface area contributed by atoms with E-state index in [-0.39, 0.29) is 0 Å². The van der Waals surface area contributed by atoms with Gasteiger partial charge in [0.05, 0.1) is 11.7 Å². The standard InChI is InChI=1S/C9H5BrN/c10-8-4-3-7-2-1-5-11-9(7)6-8/h1-4,6H. The van der Waals surface area contributed by atoms with E-state index in [1.807, 2.05) is 30.3 Å². The Balaban J connectivity index is 2.83. The summed E-state index contributed by atoms with van der Waals surface area (Å²) < 4.78 is 1.05. The zero-order chi connectivity index (χ0) is 7.68. The first-order valence-corrected chi connectivity index (χ1v) is 4.08. The lowest BCUT2D eigenvalue weighted by molar-refractivity contribution is 1.39.